The zero-order valence-electron chi connectivity index (χ0n) is 3.01. The summed E-state index contributed by atoms with van der Waals surface area (Å²) in [5.74, 6) is 0. The fourth-order valence-corrected chi connectivity index (χ4v) is 0. The first kappa shape index (κ1) is 9.32. The van der Waals surface area contributed by atoms with Gasteiger partial charge < -0.3 is 15.9 Å². The van der Waals surface area contributed by atoms with Crippen LogP contribution in [-0.4, -0.2) is 0 Å². The molecule has 0 rings (SSSR count). The minimum Gasteiger partial charge on any atom is -0.806 e. The zero-order chi connectivity index (χ0) is 3.58. The van der Waals surface area contributed by atoms with Crippen molar-refractivity contribution in [2.75, 3.05) is 0 Å². The van der Waals surface area contributed by atoms with Gasteiger partial charge in [0, 0.05) is 0 Å². The largest absolute Gasteiger partial charge is 1.00 e. The van der Waals surface area contributed by atoms with E-state index in [1.165, 1.54) is 0 Å². The summed E-state index contributed by atoms with van der Waals surface area (Å²) in [7, 11) is -1.87. The molecule has 0 unspecified atom stereocenters. The number of rotatable bonds is 0. The van der Waals surface area contributed by atoms with Crippen LogP contribution < -0.4 is 34.8 Å². The second-order valence-corrected chi connectivity index (χ2v) is 1.08. The van der Waals surface area contributed by atoms with Gasteiger partial charge in [0.05, 0.1) is 0 Å². The molecular formula is H4LiN2OP. The molecule has 26 valence electrons. The van der Waals surface area contributed by atoms with Crippen LogP contribution in [0.3, 0.4) is 0 Å². The van der Waals surface area contributed by atoms with E-state index < -0.39 is 8.45 Å². The first-order valence-corrected chi connectivity index (χ1v) is 2.10. The van der Waals surface area contributed by atoms with Crippen LogP contribution in [0.4, 0.5) is 0 Å². The quantitative estimate of drug-likeness (QED) is 0.230. The fraction of sp³-hybridized carbons (Fsp3) is 0. The molecule has 0 saturated carbocycles. The normalized spacial score (nSPS) is 7.20. The molecule has 0 bridgehead atoms. The van der Waals surface area contributed by atoms with Crippen molar-refractivity contribution in [2.24, 2.45) is 11.0 Å². The Kier molecular flexibility index (Phi) is 9.15. The van der Waals surface area contributed by atoms with E-state index in [0.29, 0.717) is 0 Å². The molecule has 0 heterocycles. The summed E-state index contributed by atoms with van der Waals surface area (Å²) in [4.78, 5) is 9.15. The zero-order valence-corrected chi connectivity index (χ0v) is 3.90. The SMILES string of the molecule is NP(N)[O-].[Li+]. The fourth-order valence-electron chi connectivity index (χ4n) is 0. The molecular weight excluding hydrogens is 81.9 g/mol. The van der Waals surface area contributed by atoms with Crippen molar-refractivity contribution < 1.29 is 23.8 Å². The summed E-state index contributed by atoms with van der Waals surface area (Å²) in [5, 5.41) is 0. The van der Waals surface area contributed by atoms with E-state index in [1.54, 1.807) is 0 Å². The Balaban J connectivity index is 0. The van der Waals surface area contributed by atoms with Crippen LogP contribution in [0.25, 0.3) is 0 Å². The Morgan fingerprint density at radius 1 is 1.40 bits per heavy atom. The Hall–Kier alpha value is 0.907. The van der Waals surface area contributed by atoms with E-state index in [4.69, 9.17) is 4.89 Å². The Bertz CT molecular complexity index is 14.4. The van der Waals surface area contributed by atoms with Crippen LogP contribution in [0.15, 0.2) is 0 Å². The minimum absolute atomic E-state index is 0. The minimum atomic E-state index is -1.87. The van der Waals surface area contributed by atoms with Gasteiger partial charge in [0.25, 0.3) is 0 Å². The van der Waals surface area contributed by atoms with Crippen molar-refractivity contribution in [1.29, 1.82) is 0 Å². The molecule has 0 aliphatic heterocycles. The van der Waals surface area contributed by atoms with Crippen LogP contribution in [0.2, 0.25) is 0 Å². The van der Waals surface area contributed by atoms with Crippen molar-refractivity contribution in [3.63, 3.8) is 0 Å². The second kappa shape index (κ2) is 4.91. The molecule has 0 aromatic carbocycles. The number of hydrogen-bond acceptors (Lipinski definition) is 3. The third kappa shape index (κ3) is 50.4. The van der Waals surface area contributed by atoms with Crippen LogP contribution in [-0.2, 0) is 0 Å². The summed E-state index contributed by atoms with van der Waals surface area (Å²) in [6.45, 7) is 0. The summed E-state index contributed by atoms with van der Waals surface area (Å²) >= 11 is 0. The first-order valence-electron chi connectivity index (χ1n) is 0.699. The molecule has 4 N–H and O–H groups in total. The van der Waals surface area contributed by atoms with Gasteiger partial charge >= 0.3 is 18.9 Å². The van der Waals surface area contributed by atoms with Crippen molar-refractivity contribution in [3.8, 4) is 0 Å². The Morgan fingerprint density at radius 3 is 1.40 bits per heavy atom. The molecule has 0 aliphatic carbocycles. The molecule has 0 aliphatic rings. The maximum atomic E-state index is 9.15. The van der Waals surface area contributed by atoms with Gasteiger partial charge in [-0.25, -0.2) is 0 Å². The van der Waals surface area contributed by atoms with E-state index in [0.717, 1.165) is 0 Å². The molecule has 0 fully saturated rings. The van der Waals surface area contributed by atoms with Crippen LogP contribution in [0.1, 0.15) is 0 Å². The van der Waals surface area contributed by atoms with E-state index in [9.17, 15) is 0 Å². The van der Waals surface area contributed by atoms with Gasteiger partial charge in [-0.05, 0) is 0 Å². The van der Waals surface area contributed by atoms with Crippen LogP contribution in [0.5, 0.6) is 0 Å². The van der Waals surface area contributed by atoms with Gasteiger partial charge in [0.15, 0.2) is 0 Å². The van der Waals surface area contributed by atoms with Crippen molar-refractivity contribution in [3.05, 3.63) is 0 Å². The smallest absolute Gasteiger partial charge is 0.806 e. The molecule has 5 heteroatoms. The topological polar surface area (TPSA) is 75.1 Å². The van der Waals surface area contributed by atoms with Gasteiger partial charge in [-0.1, -0.05) is 8.45 Å². The van der Waals surface area contributed by atoms with Crippen LogP contribution >= 0.6 is 8.45 Å². The predicted molar refractivity (Wildman–Crippen MR) is 15.3 cm³/mol. The summed E-state index contributed by atoms with van der Waals surface area (Å²) < 4.78 is 0. The maximum Gasteiger partial charge on any atom is 1.00 e. The number of hydrogen-bond donors (Lipinski definition) is 2. The average molecular weight is 86.0 g/mol. The van der Waals surface area contributed by atoms with Gasteiger partial charge in [-0.3, -0.25) is 0 Å². The molecule has 0 aromatic heterocycles. The maximum absolute atomic E-state index is 9.15. The Labute approximate surface area is 43.8 Å². The van der Waals surface area contributed by atoms with Gasteiger partial charge in [-0.15, -0.1) is 0 Å². The van der Waals surface area contributed by atoms with Gasteiger partial charge in [0.1, 0.15) is 0 Å². The molecule has 0 spiro atoms. The average Bonchev–Trinajstić information content (AvgIpc) is 0.811. The molecule has 0 aromatic rings. The van der Waals surface area contributed by atoms with Crippen LogP contribution in [0, 0.1) is 0 Å². The van der Waals surface area contributed by atoms with Crippen molar-refractivity contribution >= 4 is 8.45 Å². The molecule has 5 heavy (non-hydrogen) atoms. The summed E-state index contributed by atoms with van der Waals surface area (Å²) in [6.07, 6.45) is 0. The van der Waals surface area contributed by atoms with Gasteiger partial charge in [0.2, 0.25) is 0 Å². The molecule has 0 radical (unpaired) electrons. The van der Waals surface area contributed by atoms with Crippen molar-refractivity contribution in [2.45, 2.75) is 0 Å². The van der Waals surface area contributed by atoms with E-state index >= 15 is 0 Å². The summed E-state index contributed by atoms with van der Waals surface area (Å²) in [5.41, 5.74) is 8.80. The molecule has 0 saturated heterocycles. The number of nitrogens with two attached hydrogens (primary N) is 2. The first-order chi connectivity index (χ1) is 1.73. The Morgan fingerprint density at radius 2 is 1.40 bits per heavy atom. The predicted octanol–water partition coefficient (Wildman–Crippen LogP) is -4.51. The van der Waals surface area contributed by atoms with E-state index in [-0.39, 0.29) is 18.9 Å². The second-order valence-electron chi connectivity index (χ2n) is 0.360. The van der Waals surface area contributed by atoms with E-state index in [1.807, 2.05) is 0 Å². The monoisotopic (exact) mass is 86.0 g/mol. The molecule has 3 nitrogen and oxygen atoms in total. The van der Waals surface area contributed by atoms with Gasteiger partial charge in [-0.2, -0.15) is 0 Å². The third-order valence-corrected chi connectivity index (χ3v) is 0. The summed E-state index contributed by atoms with van der Waals surface area (Å²) in [6, 6.07) is 0. The van der Waals surface area contributed by atoms with E-state index in [2.05, 4.69) is 11.0 Å². The van der Waals surface area contributed by atoms with Crippen molar-refractivity contribution in [1.82, 2.24) is 0 Å². The standard InChI is InChI=1S/Li.H4N2OP/c;1-4(2)3/h;1-2H2/q+1;-1. The molecule has 0 amide bonds. The molecule has 0 atom stereocenters. The third-order valence-electron chi connectivity index (χ3n) is 0.